The zero-order valence-electron chi connectivity index (χ0n) is 11.3. The number of urea groups is 1. The highest BCUT2D eigenvalue weighted by Gasteiger charge is 2.10. The van der Waals surface area contributed by atoms with Crippen molar-refractivity contribution in [1.82, 2.24) is 0 Å². The number of hydrogen-bond acceptors (Lipinski definition) is 2. The monoisotopic (exact) mass is 324 g/mol. The lowest BCUT2D eigenvalue weighted by Crippen LogP contribution is -2.20. The minimum Gasteiger partial charge on any atom is -0.492 e. The van der Waals surface area contributed by atoms with Gasteiger partial charge in [0.2, 0.25) is 0 Å². The molecule has 0 atom stereocenters. The number of carbonyl (C=O) groups excluding carboxylic acids is 1. The van der Waals surface area contributed by atoms with Gasteiger partial charge in [0.1, 0.15) is 5.75 Å². The van der Waals surface area contributed by atoms with E-state index in [0.29, 0.717) is 33.8 Å². The second-order valence-electron chi connectivity index (χ2n) is 4.11. The largest absolute Gasteiger partial charge is 0.492 e. The summed E-state index contributed by atoms with van der Waals surface area (Å²) in [5, 5.41) is 6.04. The van der Waals surface area contributed by atoms with Crippen molar-refractivity contribution in [2.24, 2.45) is 0 Å². The van der Waals surface area contributed by atoms with Gasteiger partial charge in [-0.1, -0.05) is 41.4 Å². The van der Waals surface area contributed by atoms with E-state index in [9.17, 15) is 4.79 Å². The van der Waals surface area contributed by atoms with Gasteiger partial charge >= 0.3 is 6.03 Å². The molecule has 0 saturated carbocycles. The number of ether oxygens (including phenoxy) is 1. The summed E-state index contributed by atoms with van der Waals surface area (Å²) in [6.45, 7) is 2.39. The average Bonchev–Trinajstić information content (AvgIpc) is 2.46. The van der Waals surface area contributed by atoms with Gasteiger partial charge in [-0.15, -0.1) is 0 Å². The Bertz CT molecular complexity index is 647. The molecule has 0 radical (unpaired) electrons. The van der Waals surface area contributed by atoms with E-state index in [0.717, 1.165) is 0 Å². The van der Waals surface area contributed by atoms with Crippen molar-refractivity contribution in [3.05, 3.63) is 52.5 Å². The molecule has 0 aliphatic heterocycles. The first kappa shape index (κ1) is 15.5. The first-order valence-corrected chi connectivity index (χ1v) is 7.11. The van der Waals surface area contributed by atoms with Crippen molar-refractivity contribution >= 4 is 40.6 Å². The van der Waals surface area contributed by atoms with E-state index in [1.807, 2.05) is 19.1 Å². The Morgan fingerprint density at radius 2 is 1.71 bits per heavy atom. The summed E-state index contributed by atoms with van der Waals surface area (Å²) in [5.74, 6) is 0.604. The zero-order valence-corrected chi connectivity index (χ0v) is 12.8. The summed E-state index contributed by atoms with van der Waals surface area (Å²) in [4.78, 5) is 12.0. The highest BCUT2D eigenvalue weighted by Crippen LogP contribution is 2.30. The lowest BCUT2D eigenvalue weighted by Gasteiger charge is -2.13. The van der Waals surface area contributed by atoms with Gasteiger partial charge < -0.3 is 15.4 Å². The van der Waals surface area contributed by atoms with Crippen LogP contribution in [-0.2, 0) is 0 Å². The van der Waals surface area contributed by atoms with Crippen LogP contribution < -0.4 is 15.4 Å². The molecule has 0 saturated heterocycles. The number of amides is 2. The standard InChI is InChI=1S/C15H14Cl2N2O2/c1-2-21-13-9-4-3-7-11(13)18-15(20)19-12-8-5-6-10(16)14(12)17/h3-9H,2H2,1H3,(H2,18,19,20). The lowest BCUT2D eigenvalue weighted by molar-refractivity contribution is 0.262. The summed E-state index contributed by atoms with van der Waals surface area (Å²) in [5.41, 5.74) is 1.02. The van der Waals surface area contributed by atoms with Gasteiger partial charge in [-0.2, -0.15) is 0 Å². The third-order valence-electron chi connectivity index (χ3n) is 2.63. The number of anilines is 2. The Kier molecular flexibility index (Phi) is 5.31. The highest BCUT2D eigenvalue weighted by atomic mass is 35.5. The van der Waals surface area contributed by atoms with Crippen LogP contribution in [0, 0.1) is 0 Å². The van der Waals surface area contributed by atoms with E-state index in [4.69, 9.17) is 27.9 Å². The number of rotatable bonds is 4. The minimum absolute atomic E-state index is 0.299. The molecule has 0 unspecified atom stereocenters. The molecule has 0 aromatic heterocycles. The quantitative estimate of drug-likeness (QED) is 0.828. The van der Waals surface area contributed by atoms with Crippen LogP contribution >= 0.6 is 23.2 Å². The van der Waals surface area contributed by atoms with Crippen LogP contribution in [0.2, 0.25) is 10.0 Å². The minimum atomic E-state index is -0.425. The first-order chi connectivity index (χ1) is 10.1. The van der Waals surface area contributed by atoms with E-state index in [1.54, 1.807) is 30.3 Å². The van der Waals surface area contributed by atoms with Crippen molar-refractivity contribution < 1.29 is 9.53 Å². The maximum Gasteiger partial charge on any atom is 0.323 e. The molecule has 0 bridgehead atoms. The third-order valence-corrected chi connectivity index (χ3v) is 3.45. The van der Waals surface area contributed by atoms with Crippen molar-refractivity contribution in [2.75, 3.05) is 17.2 Å². The molecule has 0 fully saturated rings. The number of carbonyl (C=O) groups is 1. The predicted molar refractivity (Wildman–Crippen MR) is 86.7 cm³/mol. The Morgan fingerprint density at radius 1 is 1.05 bits per heavy atom. The van der Waals surface area contributed by atoms with Crippen LogP contribution in [0.15, 0.2) is 42.5 Å². The second kappa shape index (κ2) is 7.20. The van der Waals surface area contributed by atoms with Crippen molar-refractivity contribution in [3.63, 3.8) is 0 Å². The van der Waals surface area contributed by atoms with Crippen molar-refractivity contribution in [1.29, 1.82) is 0 Å². The average molecular weight is 325 g/mol. The van der Waals surface area contributed by atoms with Crippen LogP contribution in [0.5, 0.6) is 5.75 Å². The summed E-state index contributed by atoms with van der Waals surface area (Å²) in [6, 6.07) is 11.8. The molecule has 0 spiro atoms. The van der Waals surface area contributed by atoms with Gasteiger partial charge in [-0.05, 0) is 31.2 Å². The molecule has 2 N–H and O–H groups in total. The van der Waals surface area contributed by atoms with Crippen molar-refractivity contribution in [3.8, 4) is 5.75 Å². The van der Waals surface area contributed by atoms with E-state index in [-0.39, 0.29) is 0 Å². The van der Waals surface area contributed by atoms with Gasteiger partial charge in [0.15, 0.2) is 0 Å². The molecule has 0 aliphatic carbocycles. The molecule has 110 valence electrons. The molecule has 0 heterocycles. The molecule has 2 rings (SSSR count). The van der Waals surface area contributed by atoms with E-state index < -0.39 is 6.03 Å². The third kappa shape index (κ3) is 4.03. The van der Waals surface area contributed by atoms with Crippen LogP contribution in [0.3, 0.4) is 0 Å². The summed E-state index contributed by atoms with van der Waals surface area (Å²) in [6.07, 6.45) is 0. The van der Waals surface area contributed by atoms with Gasteiger partial charge in [0.25, 0.3) is 0 Å². The van der Waals surface area contributed by atoms with E-state index in [1.165, 1.54) is 0 Å². The maximum atomic E-state index is 12.0. The Balaban J connectivity index is 2.10. The normalized spacial score (nSPS) is 10.0. The Morgan fingerprint density at radius 3 is 2.48 bits per heavy atom. The number of para-hydroxylation sites is 2. The fourth-order valence-electron chi connectivity index (χ4n) is 1.73. The van der Waals surface area contributed by atoms with Crippen LogP contribution in [0.4, 0.5) is 16.2 Å². The first-order valence-electron chi connectivity index (χ1n) is 6.35. The molecule has 2 aromatic rings. The number of hydrogen-bond donors (Lipinski definition) is 2. The van der Waals surface area contributed by atoms with Gasteiger partial charge in [-0.3, -0.25) is 0 Å². The van der Waals surface area contributed by atoms with Crippen molar-refractivity contribution in [2.45, 2.75) is 6.92 Å². The van der Waals surface area contributed by atoms with Crippen LogP contribution in [0.1, 0.15) is 6.92 Å². The molecule has 2 aromatic carbocycles. The molecule has 0 aliphatic rings. The molecule has 2 amide bonds. The predicted octanol–water partition coefficient (Wildman–Crippen LogP) is 5.04. The summed E-state index contributed by atoms with van der Waals surface area (Å²) in [7, 11) is 0. The Hall–Kier alpha value is -1.91. The fourth-order valence-corrected chi connectivity index (χ4v) is 2.08. The topological polar surface area (TPSA) is 50.4 Å². The smallest absolute Gasteiger partial charge is 0.323 e. The van der Waals surface area contributed by atoms with Gasteiger partial charge in [0.05, 0.1) is 28.0 Å². The maximum absolute atomic E-state index is 12.0. The molecular formula is C15H14Cl2N2O2. The molecule has 6 heteroatoms. The molecular weight excluding hydrogens is 311 g/mol. The second-order valence-corrected chi connectivity index (χ2v) is 4.89. The number of halogens is 2. The van der Waals surface area contributed by atoms with Crippen LogP contribution in [-0.4, -0.2) is 12.6 Å². The molecule has 21 heavy (non-hydrogen) atoms. The highest BCUT2D eigenvalue weighted by molar-refractivity contribution is 6.44. The number of benzene rings is 2. The molecule has 4 nitrogen and oxygen atoms in total. The fraction of sp³-hybridized carbons (Fsp3) is 0.133. The zero-order chi connectivity index (χ0) is 15.2. The van der Waals surface area contributed by atoms with E-state index >= 15 is 0 Å². The van der Waals surface area contributed by atoms with Crippen LogP contribution in [0.25, 0.3) is 0 Å². The summed E-state index contributed by atoms with van der Waals surface area (Å²) < 4.78 is 5.44. The Labute approximate surface area is 133 Å². The van der Waals surface area contributed by atoms with E-state index in [2.05, 4.69) is 10.6 Å². The SMILES string of the molecule is CCOc1ccccc1NC(=O)Nc1cccc(Cl)c1Cl. The summed E-state index contributed by atoms with van der Waals surface area (Å²) >= 11 is 11.9. The van der Waals surface area contributed by atoms with Gasteiger partial charge in [0, 0.05) is 0 Å². The number of nitrogens with one attached hydrogen (secondary N) is 2. The van der Waals surface area contributed by atoms with Gasteiger partial charge in [-0.25, -0.2) is 4.79 Å². The lowest BCUT2D eigenvalue weighted by atomic mass is 10.3.